The molecule has 0 aromatic heterocycles. The predicted molar refractivity (Wildman–Crippen MR) is 76.1 cm³/mol. The summed E-state index contributed by atoms with van der Waals surface area (Å²) in [4.78, 5) is -0.681. The Labute approximate surface area is 123 Å². The van der Waals surface area contributed by atoms with Crippen LogP contribution in [0.5, 0.6) is 0 Å². The number of hydrogen-bond acceptors (Lipinski definition) is 4. The van der Waals surface area contributed by atoms with Gasteiger partial charge in [-0.15, -0.1) is 0 Å². The molecule has 0 aliphatic heterocycles. The smallest absolute Gasteiger partial charge is 0.243 e. The van der Waals surface area contributed by atoms with Crippen LogP contribution in [0.25, 0.3) is 0 Å². The Morgan fingerprint density at radius 3 is 2.52 bits per heavy atom. The second-order valence-electron chi connectivity index (χ2n) is 5.59. The van der Waals surface area contributed by atoms with Crippen molar-refractivity contribution in [3.05, 3.63) is 23.8 Å². The lowest BCUT2D eigenvalue weighted by Gasteiger charge is -2.24. The Morgan fingerprint density at radius 2 is 1.95 bits per heavy atom. The van der Waals surface area contributed by atoms with Crippen LogP contribution < -0.4 is 10.5 Å². The van der Waals surface area contributed by atoms with E-state index in [4.69, 9.17) is 10.8 Å². The minimum atomic E-state index is -4.12. The molecule has 0 atom stereocenters. The molecule has 0 bridgehead atoms. The fourth-order valence-corrected chi connectivity index (χ4v) is 3.10. The number of nitrogen functional groups attached to an aromatic ring is 1. The van der Waals surface area contributed by atoms with Crippen LogP contribution in [0.1, 0.15) is 26.7 Å². The van der Waals surface area contributed by atoms with E-state index >= 15 is 0 Å². The van der Waals surface area contributed by atoms with Crippen LogP contribution >= 0.6 is 0 Å². The van der Waals surface area contributed by atoms with E-state index in [1.807, 2.05) is 13.8 Å². The van der Waals surface area contributed by atoms with Gasteiger partial charge in [-0.25, -0.2) is 21.9 Å². The average Bonchev–Trinajstić information content (AvgIpc) is 2.40. The molecule has 0 spiro atoms. The van der Waals surface area contributed by atoms with E-state index in [0.717, 1.165) is 12.1 Å². The fraction of sp³-hybridized carbons (Fsp3) is 0.538. The third kappa shape index (κ3) is 4.62. The number of benzene rings is 1. The molecule has 5 nitrogen and oxygen atoms in total. The van der Waals surface area contributed by atoms with E-state index in [1.165, 1.54) is 0 Å². The average molecular weight is 322 g/mol. The van der Waals surface area contributed by atoms with Crippen molar-refractivity contribution >= 4 is 15.7 Å². The normalized spacial score (nSPS) is 12.6. The molecule has 1 aromatic carbocycles. The van der Waals surface area contributed by atoms with E-state index in [-0.39, 0.29) is 13.2 Å². The maximum Gasteiger partial charge on any atom is 0.243 e. The predicted octanol–water partition coefficient (Wildman–Crippen LogP) is 1.62. The number of anilines is 1. The van der Waals surface area contributed by atoms with Crippen molar-refractivity contribution in [2.24, 2.45) is 5.41 Å². The summed E-state index contributed by atoms with van der Waals surface area (Å²) in [6, 6.07) is 1.65. The van der Waals surface area contributed by atoms with Gasteiger partial charge in [0.25, 0.3) is 0 Å². The second-order valence-corrected chi connectivity index (χ2v) is 7.32. The summed E-state index contributed by atoms with van der Waals surface area (Å²) in [5, 5.41) is 8.79. The van der Waals surface area contributed by atoms with E-state index in [2.05, 4.69) is 4.72 Å². The number of rotatable bonds is 7. The van der Waals surface area contributed by atoms with Crippen molar-refractivity contribution in [3.63, 3.8) is 0 Å². The van der Waals surface area contributed by atoms with Gasteiger partial charge in [-0.05, 0) is 30.4 Å². The van der Waals surface area contributed by atoms with E-state index in [9.17, 15) is 17.2 Å². The number of aliphatic hydroxyl groups excluding tert-OH is 1. The van der Waals surface area contributed by atoms with Crippen molar-refractivity contribution in [1.29, 1.82) is 0 Å². The number of nitrogens with two attached hydrogens (primary N) is 1. The number of sulfonamides is 1. The zero-order valence-corrected chi connectivity index (χ0v) is 12.8. The summed E-state index contributed by atoms with van der Waals surface area (Å²) in [5.41, 5.74) is 3.93. The maximum atomic E-state index is 13.8. The number of hydrogen-bond donors (Lipinski definition) is 3. The highest BCUT2D eigenvalue weighted by Crippen LogP contribution is 2.25. The number of halogens is 2. The van der Waals surface area contributed by atoms with Gasteiger partial charge >= 0.3 is 0 Å². The van der Waals surface area contributed by atoms with Crippen LogP contribution in [-0.4, -0.2) is 26.7 Å². The van der Waals surface area contributed by atoms with Crippen molar-refractivity contribution < 1.29 is 22.3 Å². The van der Waals surface area contributed by atoms with Crippen LogP contribution in [0.15, 0.2) is 17.0 Å². The lowest BCUT2D eigenvalue weighted by atomic mass is 9.88. The Morgan fingerprint density at radius 1 is 1.33 bits per heavy atom. The van der Waals surface area contributed by atoms with Gasteiger partial charge in [0.1, 0.15) is 16.4 Å². The molecular formula is C13H20F2N2O3S. The van der Waals surface area contributed by atoms with Crippen molar-refractivity contribution in [2.45, 2.75) is 31.6 Å². The standard InChI is InChI=1S/C13H20F2N2O3S/c1-13(2,6-3-7-18)8-17-21(19,20)10-5-4-9(14)12(16)11(10)15/h4-5,17-18H,3,6-8,16H2,1-2H3. The van der Waals surface area contributed by atoms with Crippen LogP contribution in [0.4, 0.5) is 14.5 Å². The van der Waals surface area contributed by atoms with E-state index in [0.29, 0.717) is 12.8 Å². The lowest BCUT2D eigenvalue weighted by Crippen LogP contribution is -2.34. The first-order chi connectivity index (χ1) is 9.60. The molecule has 1 aromatic rings. The molecule has 0 fully saturated rings. The Hall–Kier alpha value is -1.25. The highest BCUT2D eigenvalue weighted by atomic mass is 32.2. The van der Waals surface area contributed by atoms with Gasteiger partial charge in [-0.1, -0.05) is 13.8 Å². The Kier molecular flexibility index (Phi) is 5.66. The summed E-state index contributed by atoms with van der Waals surface area (Å²) in [5.74, 6) is -2.30. The molecule has 0 unspecified atom stereocenters. The Balaban J connectivity index is 2.91. The Bertz CT molecular complexity index is 604. The first-order valence-corrected chi connectivity index (χ1v) is 7.93. The molecule has 0 aliphatic rings. The molecule has 0 amide bonds. The van der Waals surface area contributed by atoms with Gasteiger partial charge in [0.15, 0.2) is 5.82 Å². The third-order valence-electron chi connectivity index (χ3n) is 3.13. The van der Waals surface area contributed by atoms with Gasteiger partial charge in [0.2, 0.25) is 10.0 Å². The van der Waals surface area contributed by atoms with Crippen LogP contribution in [-0.2, 0) is 10.0 Å². The van der Waals surface area contributed by atoms with Crippen LogP contribution in [0.2, 0.25) is 0 Å². The number of nitrogens with one attached hydrogen (secondary N) is 1. The highest BCUT2D eigenvalue weighted by molar-refractivity contribution is 7.89. The molecule has 4 N–H and O–H groups in total. The van der Waals surface area contributed by atoms with Crippen LogP contribution in [0.3, 0.4) is 0 Å². The molecule has 0 aliphatic carbocycles. The first kappa shape index (κ1) is 17.8. The monoisotopic (exact) mass is 322 g/mol. The van der Waals surface area contributed by atoms with E-state index in [1.54, 1.807) is 0 Å². The molecule has 0 radical (unpaired) electrons. The summed E-state index contributed by atoms with van der Waals surface area (Å²) < 4.78 is 53.2. The molecule has 1 rings (SSSR count). The largest absolute Gasteiger partial charge is 0.396 e. The highest BCUT2D eigenvalue weighted by Gasteiger charge is 2.25. The second kappa shape index (κ2) is 6.67. The number of aliphatic hydroxyl groups is 1. The fourth-order valence-electron chi connectivity index (χ4n) is 1.77. The maximum absolute atomic E-state index is 13.8. The SMILES string of the molecule is CC(C)(CCCO)CNS(=O)(=O)c1ccc(F)c(N)c1F. The molecular weight excluding hydrogens is 302 g/mol. The molecule has 120 valence electrons. The van der Waals surface area contributed by atoms with Crippen LogP contribution in [0, 0.1) is 17.0 Å². The molecule has 8 heteroatoms. The van der Waals surface area contributed by atoms with Gasteiger partial charge in [0, 0.05) is 13.2 Å². The van der Waals surface area contributed by atoms with Crippen molar-refractivity contribution in [3.8, 4) is 0 Å². The minimum Gasteiger partial charge on any atom is -0.396 e. The summed E-state index contributed by atoms with van der Waals surface area (Å²) >= 11 is 0. The molecule has 0 heterocycles. The quantitative estimate of drug-likeness (QED) is 0.665. The minimum absolute atomic E-state index is 0.0132. The van der Waals surface area contributed by atoms with Gasteiger partial charge in [-0.2, -0.15) is 0 Å². The molecule has 0 saturated heterocycles. The van der Waals surface area contributed by atoms with Crippen molar-refractivity contribution in [1.82, 2.24) is 4.72 Å². The van der Waals surface area contributed by atoms with Gasteiger partial charge in [-0.3, -0.25) is 0 Å². The summed E-state index contributed by atoms with van der Waals surface area (Å²) in [6.07, 6.45) is 1.13. The zero-order chi connectivity index (χ0) is 16.3. The first-order valence-electron chi connectivity index (χ1n) is 6.45. The third-order valence-corrected chi connectivity index (χ3v) is 4.55. The zero-order valence-electron chi connectivity index (χ0n) is 12.0. The summed E-state index contributed by atoms with van der Waals surface area (Å²) in [6.45, 7) is 3.71. The summed E-state index contributed by atoms with van der Waals surface area (Å²) in [7, 11) is -4.12. The topological polar surface area (TPSA) is 92.4 Å². The molecule has 21 heavy (non-hydrogen) atoms. The van der Waals surface area contributed by atoms with E-state index < -0.39 is 37.7 Å². The van der Waals surface area contributed by atoms with Crippen molar-refractivity contribution in [2.75, 3.05) is 18.9 Å². The molecule has 0 saturated carbocycles. The lowest BCUT2D eigenvalue weighted by molar-refractivity contribution is 0.242. The van der Waals surface area contributed by atoms with Gasteiger partial charge < -0.3 is 10.8 Å². The van der Waals surface area contributed by atoms with Gasteiger partial charge in [0.05, 0.1) is 0 Å².